The number of carbonyl (C=O) groups excluding carboxylic acids is 1. The quantitative estimate of drug-likeness (QED) is 0.413. The maximum absolute atomic E-state index is 15.3. The molecule has 4 aliphatic rings. The van der Waals surface area contributed by atoms with E-state index in [0.717, 1.165) is 24.8 Å². The van der Waals surface area contributed by atoms with Crippen molar-refractivity contribution < 1.29 is 38.0 Å². The number of carboxylic acid groups (broad SMARTS) is 1. The van der Waals surface area contributed by atoms with Gasteiger partial charge in [0, 0.05) is 38.2 Å². The molecule has 8 heteroatoms. The number of rotatable bonds is 8. The summed E-state index contributed by atoms with van der Waals surface area (Å²) < 4.78 is 38.1. The summed E-state index contributed by atoms with van der Waals surface area (Å²) in [5, 5.41) is 9.84. The van der Waals surface area contributed by atoms with E-state index < -0.39 is 23.3 Å². The van der Waals surface area contributed by atoms with Gasteiger partial charge < -0.3 is 24.1 Å². The third-order valence-electron chi connectivity index (χ3n) is 8.01. The number of ether oxygens (including phenoxy) is 4. The highest BCUT2D eigenvalue weighted by Gasteiger charge is 2.49. The lowest BCUT2D eigenvalue weighted by Gasteiger charge is -2.48. The van der Waals surface area contributed by atoms with Crippen molar-refractivity contribution in [3.63, 3.8) is 0 Å². The standard InChI is InChI=1S/C28H33FO7/c1-28(14-34-15-28)26-20-11-18(27(31)32)22(30)8-7-17(16-5-3-6-16)25(20)19-12-21(29)24(13-23(19)36-26)35-10-4-9-33-2/h11-13,16-17,26H,3-10,14-15H2,1-2H3,(H,31,32)/b18-11+. The number of halogens is 1. The number of aliphatic carboxylic acids is 1. The third kappa shape index (κ3) is 4.45. The summed E-state index contributed by atoms with van der Waals surface area (Å²) >= 11 is 0. The molecule has 1 aromatic rings. The number of carboxylic acids is 1. The fourth-order valence-corrected chi connectivity index (χ4v) is 5.78. The van der Waals surface area contributed by atoms with E-state index in [9.17, 15) is 14.7 Å². The van der Waals surface area contributed by atoms with Crippen molar-refractivity contribution in [3.05, 3.63) is 40.7 Å². The van der Waals surface area contributed by atoms with Crippen molar-refractivity contribution in [2.45, 2.75) is 51.6 Å². The fraction of sp³-hybridized carbons (Fsp3) is 0.571. The van der Waals surface area contributed by atoms with Crippen molar-refractivity contribution in [2.75, 3.05) is 33.5 Å². The molecule has 1 saturated heterocycles. The number of fused-ring (bicyclic) bond motifs is 2. The zero-order chi connectivity index (χ0) is 25.4. The first-order valence-corrected chi connectivity index (χ1v) is 12.7. The van der Waals surface area contributed by atoms with Crippen LogP contribution in [0.3, 0.4) is 0 Å². The summed E-state index contributed by atoms with van der Waals surface area (Å²) in [4.78, 5) is 24.9. The number of hydrogen-bond acceptors (Lipinski definition) is 6. The second-order valence-corrected chi connectivity index (χ2v) is 10.6. The molecule has 2 heterocycles. The largest absolute Gasteiger partial charge is 0.490 e. The van der Waals surface area contributed by atoms with Gasteiger partial charge in [0.15, 0.2) is 17.3 Å². The predicted molar refractivity (Wildman–Crippen MR) is 129 cm³/mol. The molecule has 5 rings (SSSR count). The zero-order valence-electron chi connectivity index (χ0n) is 20.8. The van der Waals surface area contributed by atoms with Crippen LogP contribution in [0.4, 0.5) is 4.39 Å². The van der Waals surface area contributed by atoms with Gasteiger partial charge in [-0.05, 0) is 54.4 Å². The molecule has 1 aromatic carbocycles. The van der Waals surface area contributed by atoms with Crippen LogP contribution in [-0.4, -0.2) is 56.5 Å². The molecule has 2 atom stereocenters. The molecule has 0 amide bonds. The average Bonchev–Trinajstić information content (AvgIpc) is 2.78. The van der Waals surface area contributed by atoms with Gasteiger partial charge in [-0.2, -0.15) is 0 Å². The Morgan fingerprint density at radius 2 is 2.00 bits per heavy atom. The van der Waals surface area contributed by atoms with E-state index >= 15 is 4.39 Å². The van der Waals surface area contributed by atoms with Crippen LogP contribution in [0.2, 0.25) is 0 Å². The molecular formula is C28H33FO7. The van der Waals surface area contributed by atoms with Gasteiger partial charge in [0.05, 0.1) is 25.2 Å². The van der Waals surface area contributed by atoms with Crippen LogP contribution in [0.15, 0.2) is 29.4 Å². The molecule has 0 bridgehead atoms. The number of hydrogen-bond donors (Lipinski definition) is 1. The normalized spacial score (nSPS) is 26.8. The molecule has 7 nitrogen and oxygen atoms in total. The van der Waals surface area contributed by atoms with Gasteiger partial charge in [-0.25, -0.2) is 9.18 Å². The Morgan fingerprint density at radius 1 is 1.22 bits per heavy atom. The lowest BCUT2D eigenvalue weighted by Crippen LogP contribution is -2.53. The van der Waals surface area contributed by atoms with Crippen LogP contribution >= 0.6 is 0 Å². The Bertz CT molecular complexity index is 1110. The molecular weight excluding hydrogens is 467 g/mol. The molecule has 2 fully saturated rings. The SMILES string of the molecule is COCCCOc1cc2c(cc1F)C1=C(/C=C(/C(=O)O)C(=O)CCC1C1CCC1)C(C1(C)COC1)O2. The monoisotopic (exact) mass is 500 g/mol. The number of allylic oxidation sites excluding steroid dienone is 1. The molecule has 2 aliphatic heterocycles. The van der Waals surface area contributed by atoms with Crippen LogP contribution in [0.1, 0.15) is 51.0 Å². The zero-order valence-corrected chi connectivity index (χ0v) is 20.8. The lowest BCUT2D eigenvalue weighted by atomic mass is 9.65. The Labute approximate surface area is 210 Å². The van der Waals surface area contributed by atoms with E-state index in [1.165, 1.54) is 12.1 Å². The minimum absolute atomic E-state index is 0.0203. The average molecular weight is 501 g/mol. The molecule has 0 aromatic heterocycles. The first kappa shape index (κ1) is 25.0. The second-order valence-electron chi connectivity index (χ2n) is 10.6. The van der Waals surface area contributed by atoms with Crippen LogP contribution in [-0.2, 0) is 19.1 Å². The highest BCUT2D eigenvalue weighted by Crippen LogP contribution is 2.53. The molecule has 194 valence electrons. The number of methoxy groups -OCH3 is 1. The molecule has 2 aliphatic carbocycles. The smallest absolute Gasteiger partial charge is 0.339 e. The summed E-state index contributed by atoms with van der Waals surface area (Å²) in [5.74, 6) is -1.09. The molecule has 0 spiro atoms. The van der Waals surface area contributed by atoms with Crippen molar-refractivity contribution in [1.82, 2.24) is 0 Å². The van der Waals surface area contributed by atoms with Crippen LogP contribution in [0.25, 0.3) is 5.57 Å². The third-order valence-corrected chi connectivity index (χ3v) is 8.01. The Kier molecular flexibility index (Phi) is 6.92. The minimum atomic E-state index is -1.25. The first-order valence-electron chi connectivity index (χ1n) is 12.7. The van der Waals surface area contributed by atoms with Crippen LogP contribution < -0.4 is 9.47 Å². The summed E-state index contributed by atoms with van der Waals surface area (Å²) in [5.41, 5.74) is 1.56. The van der Waals surface area contributed by atoms with Gasteiger partial charge in [-0.1, -0.05) is 13.3 Å². The van der Waals surface area contributed by atoms with Gasteiger partial charge in [-0.3, -0.25) is 4.79 Å². The Balaban J connectivity index is 1.67. The summed E-state index contributed by atoms with van der Waals surface area (Å²) in [7, 11) is 1.61. The van der Waals surface area contributed by atoms with E-state index in [2.05, 4.69) is 0 Å². The highest BCUT2D eigenvalue weighted by atomic mass is 19.1. The topological polar surface area (TPSA) is 91.3 Å². The molecule has 1 N–H and O–H groups in total. The second kappa shape index (κ2) is 9.98. The van der Waals surface area contributed by atoms with E-state index in [0.29, 0.717) is 62.1 Å². The number of benzene rings is 1. The van der Waals surface area contributed by atoms with Crippen LogP contribution in [0.5, 0.6) is 11.5 Å². The molecule has 2 unspecified atom stereocenters. The first-order chi connectivity index (χ1) is 17.3. The predicted octanol–water partition coefficient (Wildman–Crippen LogP) is 4.58. The maximum atomic E-state index is 15.3. The lowest BCUT2D eigenvalue weighted by molar-refractivity contribution is -0.143. The minimum Gasteiger partial charge on any atom is -0.490 e. The van der Waals surface area contributed by atoms with Gasteiger partial charge >= 0.3 is 5.97 Å². The van der Waals surface area contributed by atoms with Gasteiger partial charge in [0.25, 0.3) is 0 Å². The van der Waals surface area contributed by atoms with E-state index in [1.54, 1.807) is 13.2 Å². The van der Waals surface area contributed by atoms with Gasteiger partial charge in [0.1, 0.15) is 17.4 Å². The van der Waals surface area contributed by atoms with E-state index in [4.69, 9.17) is 18.9 Å². The number of carbonyl (C=O) groups is 2. The Hall–Kier alpha value is -2.71. The summed E-state index contributed by atoms with van der Waals surface area (Å²) in [6.45, 7) is 3.76. The van der Waals surface area contributed by atoms with Crippen molar-refractivity contribution in [2.24, 2.45) is 17.3 Å². The molecule has 1 saturated carbocycles. The van der Waals surface area contributed by atoms with Crippen molar-refractivity contribution >= 4 is 17.3 Å². The maximum Gasteiger partial charge on any atom is 0.339 e. The van der Waals surface area contributed by atoms with Crippen molar-refractivity contribution in [3.8, 4) is 11.5 Å². The molecule has 36 heavy (non-hydrogen) atoms. The van der Waals surface area contributed by atoms with Crippen molar-refractivity contribution in [1.29, 1.82) is 0 Å². The number of ketones is 1. The highest BCUT2D eigenvalue weighted by molar-refractivity contribution is 6.17. The Morgan fingerprint density at radius 3 is 2.61 bits per heavy atom. The van der Waals surface area contributed by atoms with E-state index in [-0.39, 0.29) is 29.4 Å². The van der Waals surface area contributed by atoms with Gasteiger partial charge in [-0.15, -0.1) is 0 Å². The van der Waals surface area contributed by atoms with Crippen LogP contribution in [0, 0.1) is 23.1 Å². The van der Waals surface area contributed by atoms with Gasteiger partial charge in [0.2, 0.25) is 0 Å². The summed E-state index contributed by atoms with van der Waals surface area (Å²) in [6, 6.07) is 3.07. The molecule has 0 radical (unpaired) electrons. The number of Topliss-reactive ketones (excluding diaryl/α,β-unsaturated/α-hetero) is 1. The fourth-order valence-electron chi connectivity index (χ4n) is 5.78. The summed E-state index contributed by atoms with van der Waals surface area (Å²) in [6.07, 6.45) is 5.48. The van der Waals surface area contributed by atoms with E-state index in [1.807, 2.05) is 6.92 Å².